The van der Waals surface area contributed by atoms with Crippen LogP contribution in [-0.2, 0) is 25.7 Å². The Hall–Kier alpha value is -2.97. The number of aldehydes is 1. The summed E-state index contributed by atoms with van der Waals surface area (Å²) in [6.45, 7) is 1.44. The molecule has 0 bridgehead atoms. The summed E-state index contributed by atoms with van der Waals surface area (Å²) in [7, 11) is 0. The molecule has 1 aliphatic heterocycles. The van der Waals surface area contributed by atoms with Crippen LogP contribution < -0.4 is 5.32 Å². The van der Waals surface area contributed by atoms with Crippen molar-refractivity contribution in [3.63, 3.8) is 0 Å². The molecule has 0 saturated carbocycles. The van der Waals surface area contributed by atoms with Gasteiger partial charge in [-0.25, -0.2) is 4.79 Å². The van der Waals surface area contributed by atoms with Crippen LogP contribution in [0.3, 0.4) is 0 Å². The molecule has 9 heteroatoms. The number of ether oxygens (including phenoxy) is 2. The molecule has 1 aromatic rings. The Kier molecular flexibility index (Phi) is 5.46. The van der Waals surface area contributed by atoms with Crippen LogP contribution in [0.25, 0.3) is 0 Å². The fourth-order valence-electron chi connectivity index (χ4n) is 2.42. The molecule has 3 atom stereocenters. The number of hydrogen-bond acceptors (Lipinski definition) is 7. The number of hydrogen-bond donors (Lipinski definition) is 1. The third-order valence-corrected chi connectivity index (χ3v) is 3.71. The van der Waals surface area contributed by atoms with Gasteiger partial charge in [0, 0.05) is 18.6 Å². The van der Waals surface area contributed by atoms with Crippen LogP contribution in [0.2, 0.25) is 0 Å². The molecule has 0 radical (unpaired) electrons. The molecule has 9 nitrogen and oxygen atoms in total. The van der Waals surface area contributed by atoms with Gasteiger partial charge >= 0.3 is 6.16 Å². The van der Waals surface area contributed by atoms with Crippen molar-refractivity contribution in [2.45, 2.75) is 32.1 Å². The van der Waals surface area contributed by atoms with E-state index < -0.39 is 23.1 Å². The van der Waals surface area contributed by atoms with Gasteiger partial charge < -0.3 is 19.6 Å². The van der Waals surface area contributed by atoms with Crippen molar-refractivity contribution in [3.8, 4) is 0 Å². The minimum Gasteiger partial charge on any atom is -0.430 e. The molecule has 1 aromatic carbocycles. The van der Waals surface area contributed by atoms with E-state index in [2.05, 4.69) is 5.32 Å². The highest BCUT2D eigenvalue weighted by Gasteiger charge is 2.44. The molecule has 0 aliphatic carbocycles. The summed E-state index contributed by atoms with van der Waals surface area (Å²) in [5, 5.41) is 13.1. The lowest BCUT2D eigenvalue weighted by Crippen LogP contribution is -2.62. The topological polar surface area (TPSA) is 125 Å². The SMILES string of the molecule is C[C@@H](OC(=O)OCc1ccc([N+](=O)[O-])cc1)[C@H]1C(=O)N[C@@H]1CC=O. The molecular formula is C15H16N2O7. The largest absolute Gasteiger partial charge is 0.508 e. The molecule has 1 aliphatic rings. The number of benzene rings is 1. The first-order valence-corrected chi connectivity index (χ1v) is 7.23. The van der Waals surface area contributed by atoms with E-state index in [-0.39, 0.29) is 30.7 Å². The predicted molar refractivity (Wildman–Crippen MR) is 79.9 cm³/mol. The molecule has 1 fully saturated rings. The summed E-state index contributed by atoms with van der Waals surface area (Å²) in [6, 6.07) is 5.19. The zero-order chi connectivity index (χ0) is 17.7. The van der Waals surface area contributed by atoms with E-state index in [1.807, 2.05) is 0 Å². The summed E-state index contributed by atoms with van der Waals surface area (Å²) in [6.07, 6.45) is -0.836. The van der Waals surface area contributed by atoms with E-state index in [4.69, 9.17) is 9.47 Å². The molecule has 0 spiro atoms. The van der Waals surface area contributed by atoms with Crippen LogP contribution in [0.4, 0.5) is 10.5 Å². The maximum absolute atomic E-state index is 11.7. The van der Waals surface area contributed by atoms with Crippen molar-refractivity contribution in [1.29, 1.82) is 0 Å². The number of carbonyl (C=O) groups is 3. The molecule has 1 heterocycles. The molecule has 1 amide bonds. The van der Waals surface area contributed by atoms with Crippen molar-refractivity contribution in [2.24, 2.45) is 5.92 Å². The van der Waals surface area contributed by atoms with Crippen molar-refractivity contribution in [2.75, 3.05) is 0 Å². The summed E-state index contributed by atoms with van der Waals surface area (Å²) >= 11 is 0. The third-order valence-electron chi connectivity index (χ3n) is 3.71. The lowest BCUT2D eigenvalue weighted by Gasteiger charge is -2.38. The number of amides is 1. The van der Waals surface area contributed by atoms with E-state index in [0.717, 1.165) is 0 Å². The molecular weight excluding hydrogens is 320 g/mol. The van der Waals surface area contributed by atoms with Crippen molar-refractivity contribution >= 4 is 24.0 Å². The van der Waals surface area contributed by atoms with Gasteiger partial charge in [-0.05, 0) is 24.6 Å². The minimum absolute atomic E-state index is 0.0628. The fourth-order valence-corrected chi connectivity index (χ4v) is 2.42. The van der Waals surface area contributed by atoms with E-state index in [0.29, 0.717) is 11.8 Å². The van der Waals surface area contributed by atoms with Gasteiger partial charge in [-0.1, -0.05) is 0 Å². The van der Waals surface area contributed by atoms with Crippen LogP contribution in [0.5, 0.6) is 0 Å². The zero-order valence-electron chi connectivity index (χ0n) is 12.8. The summed E-state index contributed by atoms with van der Waals surface area (Å²) in [5.74, 6) is -0.861. The number of nitrogens with one attached hydrogen (secondary N) is 1. The lowest BCUT2D eigenvalue weighted by atomic mass is 9.84. The van der Waals surface area contributed by atoms with Gasteiger partial charge in [0.25, 0.3) is 5.69 Å². The van der Waals surface area contributed by atoms with E-state index in [1.54, 1.807) is 6.92 Å². The van der Waals surface area contributed by atoms with Crippen molar-refractivity contribution < 1.29 is 28.8 Å². The van der Waals surface area contributed by atoms with Gasteiger partial charge in [0.15, 0.2) is 0 Å². The minimum atomic E-state index is -0.953. The summed E-state index contributed by atoms with van der Waals surface area (Å²) in [5.41, 5.74) is 0.498. The Labute approximate surface area is 137 Å². The smallest absolute Gasteiger partial charge is 0.430 e. The second-order valence-corrected chi connectivity index (χ2v) is 5.33. The Morgan fingerprint density at radius 2 is 2.08 bits per heavy atom. The number of non-ortho nitro benzene ring substituents is 1. The average Bonchev–Trinajstić information content (AvgIpc) is 2.52. The third kappa shape index (κ3) is 4.06. The molecule has 0 aromatic heterocycles. The molecule has 24 heavy (non-hydrogen) atoms. The van der Waals surface area contributed by atoms with Gasteiger partial charge in [-0.3, -0.25) is 14.9 Å². The predicted octanol–water partition coefficient (Wildman–Crippen LogP) is 1.34. The molecule has 0 unspecified atom stereocenters. The maximum Gasteiger partial charge on any atom is 0.508 e. The first-order chi connectivity index (χ1) is 11.4. The zero-order valence-corrected chi connectivity index (χ0v) is 12.8. The molecule has 1 saturated heterocycles. The highest BCUT2D eigenvalue weighted by Crippen LogP contribution is 2.23. The van der Waals surface area contributed by atoms with Crippen LogP contribution in [0.1, 0.15) is 18.9 Å². The molecule has 2 rings (SSSR count). The Morgan fingerprint density at radius 3 is 2.62 bits per heavy atom. The number of nitrogens with zero attached hydrogens (tertiary/aromatic N) is 1. The normalized spacial score (nSPS) is 20.3. The van der Waals surface area contributed by atoms with Gasteiger partial charge in [-0.2, -0.15) is 0 Å². The summed E-state index contributed by atoms with van der Waals surface area (Å²) in [4.78, 5) is 43.7. The number of carbonyl (C=O) groups excluding carboxylic acids is 3. The molecule has 128 valence electrons. The lowest BCUT2D eigenvalue weighted by molar-refractivity contribution is -0.384. The highest BCUT2D eigenvalue weighted by molar-refractivity contribution is 5.87. The quantitative estimate of drug-likeness (QED) is 0.262. The van der Waals surface area contributed by atoms with E-state index in [1.165, 1.54) is 24.3 Å². The van der Waals surface area contributed by atoms with Gasteiger partial charge in [-0.15, -0.1) is 0 Å². The van der Waals surface area contributed by atoms with Gasteiger partial charge in [0.05, 0.1) is 16.9 Å². The van der Waals surface area contributed by atoms with E-state index in [9.17, 15) is 24.5 Å². The van der Waals surface area contributed by atoms with Crippen LogP contribution in [-0.4, -0.2) is 35.4 Å². The van der Waals surface area contributed by atoms with Crippen molar-refractivity contribution in [1.82, 2.24) is 5.32 Å². The standard InChI is InChI=1S/C15H16N2O7/c1-9(13-12(6-7-18)16-14(13)19)24-15(20)23-8-10-2-4-11(5-3-10)17(21)22/h2-5,7,9,12-13H,6,8H2,1H3,(H,16,19)/t9-,12-,13-/m1/s1. The van der Waals surface area contributed by atoms with Gasteiger partial charge in [0.1, 0.15) is 19.0 Å². The summed E-state index contributed by atoms with van der Waals surface area (Å²) < 4.78 is 9.95. The monoisotopic (exact) mass is 336 g/mol. The Bertz CT molecular complexity index is 642. The molecule has 1 N–H and O–H groups in total. The van der Waals surface area contributed by atoms with E-state index >= 15 is 0 Å². The first-order valence-electron chi connectivity index (χ1n) is 7.23. The Morgan fingerprint density at radius 1 is 1.42 bits per heavy atom. The Balaban J connectivity index is 1.81. The number of β-lactam (4-membered cyclic amide) rings is 1. The highest BCUT2D eigenvalue weighted by atomic mass is 16.7. The van der Waals surface area contributed by atoms with Crippen molar-refractivity contribution in [3.05, 3.63) is 39.9 Å². The second-order valence-electron chi connectivity index (χ2n) is 5.33. The number of nitro groups is 1. The fraction of sp³-hybridized carbons (Fsp3) is 0.400. The van der Waals surface area contributed by atoms with Crippen LogP contribution in [0, 0.1) is 16.0 Å². The number of nitro benzene ring substituents is 1. The van der Waals surface area contributed by atoms with Crippen LogP contribution >= 0.6 is 0 Å². The second kappa shape index (κ2) is 7.53. The number of rotatable bonds is 7. The first kappa shape index (κ1) is 17.4. The maximum atomic E-state index is 11.7. The average molecular weight is 336 g/mol. The van der Waals surface area contributed by atoms with Gasteiger partial charge in [0.2, 0.25) is 5.91 Å². The van der Waals surface area contributed by atoms with Crippen LogP contribution in [0.15, 0.2) is 24.3 Å².